The minimum absolute atomic E-state index is 0.182. The van der Waals surface area contributed by atoms with Gasteiger partial charge in [0.2, 0.25) is 11.8 Å². The zero-order valence-corrected chi connectivity index (χ0v) is 21.4. The molecule has 5 rings (SSSR count). The molecular formula is C28H33N6O2. The van der Waals surface area contributed by atoms with Crippen molar-refractivity contribution in [1.29, 1.82) is 0 Å². The van der Waals surface area contributed by atoms with Crippen LogP contribution in [0.5, 0.6) is 0 Å². The van der Waals surface area contributed by atoms with Crippen LogP contribution in [0.1, 0.15) is 65.6 Å². The molecule has 8 heteroatoms. The molecule has 1 radical (unpaired) electrons. The Balaban J connectivity index is 1.67. The van der Waals surface area contributed by atoms with Gasteiger partial charge in [0.15, 0.2) is 5.65 Å². The molecule has 187 valence electrons. The minimum Gasteiger partial charge on any atom is -0.369 e. The molecule has 36 heavy (non-hydrogen) atoms. The number of carbonyl (C=O) groups is 2. The first-order valence-corrected chi connectivity index (χ1v) is 12.5. The summed E-state index contributed by atoms with van der Waals surface area (Å²) in [5.74, 6) is 0.0427. The SMILES string of the molecule is [CH2]C(=O)n1c(-c2cn3ncnc3c(C)c2C)c(C(C)C)c2cc(C3CCN(CC(N)=O)CC3)ccc21. The average Bonchev–Trinajstić information content (AvgIpc) is 3.43. The molecule has 0 saturated carbocycles. The Morgan fingerprint density at radius 2 is 1.89 bits per heavy atom. The van der Waals surface area contributed by atoms with Crippen molar-refractivity contribution in [2.45, 2.75) is 52.4 Å². The van der Waals surface area contributed by atoms with E-state index in [1.807, 2.05) is 13.1 Å². The molecule has 1 aliphatic rings. The summed E-state index contributed by atoms with van der Waals surface area (Å²) in [5, 5.41) is 5.46. The molecular weight excluding hydrogens is 452 g/mol. The van der Waals surface area contributed by atoms with E-state index < -0.39 is 0 Å². The maximum atomic E-state index is 13.0. The number of rotatable bonds is 5. The second-order valence-electron chi connectivity index (χ2n) is 10.3. The fourth-order valence-electron chi connectivity index (χ4n) is 5.78. The van der Waals surface area contributed by atoms with E-state index in [9.17, 15) is 9.59 Å². The number of aryl methyl sites for hydroxylation is 1. The summed E-state index contributed by atoms with van der Waals surface area (Å²) in [6.45, 7) is 14.3. The van der Waals surface area contributed by atoms with Gasteiger partial charge in [-0.25, -0.2) is 9.50 Å². The van der Waals surface area contributed by atoms with Crippen LogP contribution in [0, 0.1) is 20.8 Å². The molecule has 0 unspecified atom stereocenters. The topological polar surface area (TPSA) is 98.5 Å². The van der Waals surface area contributed by atoms with Crippen LogP contribution in [0.25, 0.3) is 27.8 Å². The number of hydrogen-bond donors (Lipinski definition) is 1. The van der Waals surface area contributed by atoms with E-state index in [1.54, 1.807) is 15.4 Å². The molecule has 1 fully saturated rings. The summed E-state index contributed by atoms with van der Waals surface area (Å²) < 4.78 is 3.54. The van der Waals surface area contributed by atoms with Gasteiger partial charge in [0.05, 0.1) is 17.8 Å². The largest absolute Gasteiger partial charge is 0.369 e. The normalized spacial score (nSPS) is 15.4. The molecule has 1 saturated heterocycles. The van der Waals surface area contributed by atoms with Gasteiger partial charge in [-0.2, -0.15) is 5.10 Å². The lowest BCUT2D eigenvalue weighted by Crippen LogP contribution is -2.39. The Bertz CT molecular complexity index is 1490. The summed E-state index contributed by atoms with van der Waals surface area (Å²) in [5.41, 5.74) is 13.4. The summed E-state index contributed by atoms with van der Waals surface area (Å²) in [6, 6.07) is 6.47. The van der Waals surface area contributed by atoms with Gasteiger partial charge in [-0.05, 0) is 86.0 Å². The number of nitrogens with zero attached hydrogens (tertiary/aromatic N) is 5. The van der Waals surface area contributed by atoms with Gasteiger partial charge >= 0.3 is 0 Å². The summed E-state index contributed by atoms with van der Waals surface area (Å²) in [7, 11) is 0. The first-order valence-electron chi connectivity index (χ1n) is 12.5. The first-order chi connectivity index (χ1) is 17.2. The number of amides is 1. The molecule has 0 spiro atoms. The molecule has 4 aromatic rings. The molecule has 0 aliphatic carbocycles. The van der Waals surface area contributed by atoms with Gasteiger partial charge < -0.3 is 5.73 Å². The molecule has 1 aromatic carbocycles. The van der Waals surface area contributed by atoms with Crippen molar-refractivity contribution < 1.29 is 9.59 Å². The fourth-order valence-corrected chi connectivity index (χ4v) is 5.78. The van der Waals surface area contributed by atoms with E-state index in [1.165, 1.54) is 5.56 Å². The highest BCUT2D eigenvalue weighted by Gasteiger charge is 2.27. The van der Waals surface area contributed by atoms with Gasteiger partial charge in [-0.3, -0.25) is 19.1 Å². The highest BCUT2D eigenvalue weighted by Crippen LogP contribution is 2.42. The van der Waals surface area contributed by atoms with Crippen molar-refractivity contribution in [2.24, 2.45) is 5.73 Å². The summed E-state index contributed by atoms with van der Waals surface area (Å²) >= 11 is 0. The fraction of sp³-hybridized carbons (Fsp3) is 0.393. The molecule has 0 bridgehead atoms. The van der Waals surface area contributed by atoms with Gasteiger partial charge in [0.25, 0.3) is 0 Å². The van der Waals surface area contributed by atoms with E-state index in [4.69, 9.17) is 5.73 Å². The Morgan fingerprint density at radius 3 is 2.53 bits per heavy atom. The van der Waals surface area contributed by atoms with Gasteiger partial charge in [0.1, 0.15) is 6.33 Å². The number of nitrogens with two attached hydrogens (primary N) is 1. The van der Waals surface area contributed by atoms with Crippen LogP contribution >= 0.6 is 0 Å². The number of aromatic nitrogens is 4. The predicted molar refractivity (Wildman–Crippen MR) is 141 cm³/mol. The highest BCUT2D eigenvalue weighted by molar-refractivity contribution is 6.03. The van der Waals surface area contributed by atoms with Crippen molar-refractivity contribution in [3.8, 4) is 11.3 Å². The van der Waals surface area contributed by atoms with Crippen molar-refractivity contribution in [2.75, 3.05) is 19.6 Å². The van der Waals surface area contributed by atoms with Crippen LogP contribution in [0.15, 0.2) is 30.7 Å². The van der Waals surface area contributed by atoms with E-state index in [0.29, 0.717) is 12.5 Å². The number of likely N-dealkylation sites (tertiary alicyclic amines) is 1. The Labute approximate surface area is 211 Å². The number of carbonyl (C=O) groups excluding carboxylic acids is 2. The van der Waals surface area contributed by atoms with Crippen molar-refractivity contribution in [3.63, 3.8) is 0 Å². The smallest absolute Gasteiger partial charge is 0.232 e. The summed E-state index contributed by atoms with van der Waals surface area (Å²) in [4.78, 5) is 30.8. The maximum absolute atomic E-state index is 13.0. The Morgan fingerprint density at radius 1 is 1.17 bits per heavy atom. The van der Waals surface area contributed by atoms with Gasteiger partial charge in [-0.1, -0.05) is 19.9 Å². The van der Waals surface area contributed by atoms with Gasteiger partial charge in [-0.15, -0.1) is 0 Å². The molecule has 2 N–H and O–H groups in total. The lowest BCUT2D eigenvalue weighted by molar-refractivity contribution is -0.119. The molecule has 1 amide bonds. The Hall–Kier alpha value is -3.52. The number of primary amides is 1. The second-order valence-corrected chi connectivity index (χ2v) is 10.3. The Kier molecular flexibility index (Phi) is 6.16. The lowest BCUT2D eigenvalue weighted by Gasteiger charge is -2.31. The number of hydrogen-bond acceptors (Lipinski definition) is 5. The van der Waals surface area contributed by atoms with Crippen LogP contribution in [0.2, 0.25) is 0 Å². The third kappa shape index (κ3) is 3.99. The van der Waals surface area contributed by atoms with Crippen LogP contribution in [0.4, 0.5) is 0 Å². The molecule has 4 heterocycles. The minimum atomic E-state index is -0.280. The third-order valence-electron chi connectivity index (χ3n) is 7.68. The van der Waals surface area contributed by atoms with E-state index in [2.05, 4.69) is 60.9 Å². The maximum Gasteiger partial charge on any atom is 0.232 e. The zero-order valence-electron chi connectivity index (χ0n) is 21.4. The summed E-state index contributed by atoms with van der Waals surface area (Å²) in [6.07, 6.45) is 5.47. The van der Waals surface area contributed by atoms with E-state index >= 15 is 0 Å². The molecule has 3 aromatic heterocycles. The van der Waals surface area contributed by atoms with Crippen molar-refractivity contribution in [3.05, 3.63) is 59.9 Å². The van der Waals surface area contributed by atoms with Crippen molar-refractivity contribution >= 4 is 28.4 Å². The number of piperidine rings is 1. The number of benzene rings is 1. The number of pyridine rings is 1. The molecule has 1 aliphatic heterocycles. The van der Waals surface area contributed by atoms with Crippen LogP contribution in [-0.4, -0.2) is 55.5 Å². The second kappa shape index (κ2) is 9.17. The zero-order chi connectivity index (χ0) is 25.7. The standard InChI is InChI=1S/C28H33N6O2/c1-16(2)26-22-12-21(20-8-10-32(11-9-20)14-25(29)36)6-7-24(22)34(19(5)35)27(26)23-13-33-28(30-15-31-33)18(4)17(23)3/h6-7,12-13,15-16,20H,5,8-11,14H2,1-4H3,(H2,29,36). The predicted octanol–water partition coefficient (Wildman–Crippen LogP) is 4.23. The molecule has 8 nitrogen and oxygen atoms in total. The molecule has 0 atom stereocenters. The van der Waals surface area contributed by atoms with Crippen LogP contribution in [0.3, 0.4) is 0 Å². The first kappa shape index (κ1) is 24.2. The van der Waals surface area contributed by atoms with Crippen molar-refractivity contribution in [1.82, 2.24) is 24.1 Å². The lowest BCUT2D eigenvalue weighted by atomic mass is 9.87. The van der Waals surface area contributed by atoms with Gasteiger partial charge in [0, 0.05) is 24.1 Å². The van der Waals surface area contributed by atoms with E-state index in [-0.39, 0.29) is 17.7 Å². The third-order valence-corrected chi connectivity index (χ3v) is 7.68. The van der Waals surface area contributed by atoms with Crippen LogP contribution in [-0.2, 0) is 4.79 Å². The average molecular weight is 486 g/mol. The monoisotopic (exact) mass is 485 g/mol. The number of fused-ring (bicyclic) bond motifs is 2. The van der Waals surface area contributed by atoms with Crippen LogP contribution < -0.4 is 5.73 Å². The quantitative estimate of drug-likeness (QED) is 0.456. The highest BCUT2D eigenvalue weighted by atomic mass is 16.2. The van der Waals surface area contributed by atoms with E-state index in [0.717, 1.165) is 70.4 Å².